The fraction of sp³-hybridized carbons (Fsp3) is 0.471. The molecule has 0 aromatic heterocycles. The highest BCUT2D eigenvalue weighted by Crippen LogP contribution is 2.40. The van der Waals surface area contributed by atoms with Gasteiger partial charge in [-0.3, -0.25) is 14.9 Å². The maximum atomic E-state index is 12.5. The molecular formula is C17H19NO3. The summed E-state index contributed by atoms with van der Waals surface area (Å²) in [5.41, 5.74) is 1.66. The summed E-state index contributed by atoms with van der Waals surface area (Å²) in [6.07, 6.45) is 8.45. The highest BCUT2D eigenvalue weighted by molar-refractivity contribution is 6.03. The largest absolute Gasteiger partial charge is 0.294 e. The molecule has 0 amide bonds. The van der Waals surface area contributed by atoms with Crippen molar-refractivity contribution < 1.29 is 9.72 Å². The van der Waals surface area contributed by atoms with Crippen LogP contribution >= 0.6 is 0 Å². The van der Waals surface area contributed by atoms with Crippen LogP contribution in [0.25, 0.3) is 6.08 Å². The molecule has 3 rings (SSSR count). The second kappa shape index (κ2) is 5.80. The Morgan fingerprint density at radius 1 is 1.19 bits per heavy atom. The number of hydrogen-bond acceptors (Lipinski definition) is 3. The summed E-state index contributed by atoms with van der Waals surface area (Å²) in [4.78, 5) is 22.9. The molecule has 0 heterocycles. The number of benzene rings is 1. The fourth-order valence-electron chi connectivity index (χ4n) is 3.69. The first-order valence-corrected chi connectivity index (χ1v) is 7.64. The van der Waals surface area contributed by atoms with Gasteiger partial charge in [-0.1, -0.05) is 25.0 Å². The first kappa shape index (κ1) is 14.0. The van der Waals surface area contributed by atoms with Gasteiger partial charge in [0.2, 0.25) is 0 Å². The molecule has 21 heavy (non-hydrogen) atoms. The van der Waals surface area contributed by atoms with E-state index in [2.05, 4.69) is 0 Å². The Morgan fingerprint density at radius 2 is 1.95 bits per heavy atom. The van der Waals surface area contributed by atoms with Gasteiger partial charge < -0.3 is 0 Å². The molecule has 4 nitrogen and oxygen atoms in total. The van der Waals surface area contributed by atoms with Crippen molar-refractivity contribution in [3.63, 3.8) is 0 Å². The van der Waals surface area contributed by atoms with Gasteiger partial charge in [-0.05, 0) is 48.8 Å². The molecule has 0 saturated heterocycles. The monoisotopic (exact) mass is 285 g/mol. The molecule has 2 aliphatic carbocycles. The standard InChI is InChI=1S/C17H19NO3/c19-17-14(8-9-16(17)13-5-1-2-6-13)10-12-4-3-7-15(11-12)18(20)21/h3-4,7,10-11,13,16H,1-2,5-6,8-9H2. The molecule has 1 unspecified atom stereocenters. The SMILES string of the molecule is O=C1C(=Cc2cccc([N+](=O)[O-])c2)CCC1C1CCCC1. The van der Waals surface area contributed by atoms with Gasteiger partial charge in [0.25, 0.3) is 5.69 Å². The second-order valence-corrected chi connectivity index (χ2v) is 6.08. The third-order valence-corrected chi connectivity index (χ3v) is 4.77. The van der Waals surface area contributed by atoms with E-state index in [0.29, 0.717) is 5.92 Å². The molecule has 1 aromatic carbocycles. The highest BCUT2D eigenvalue weighted by atomic mass is 16.6. The third-order valence-electron chi connectivity index (χ3n) is 4.77. The predicted octanol–water partition coefficient (Wildman–Crippen LogP) is 4.15. The van der Waals surface area contributed by atoms with Crippen molar-refractivity contribution >= 4 is 17.5 Å². The van der Waals surface area contributed by atoms with Crippen LogP contribution in [0.4, 0.5) is 5.69 Å². The number of carbonyl (C=O) groups excluding carboxylic acids is 1. The summed E-state index contributed by atoms with van der Waals surface area (Å²) in [6, 6.07) is 6.48. The van der Waals surface area contributed by atoms with Crippen LogP contribution in [0.3, 0.4) is 0 Å². The topological polar surface area (TPSA) is 60.2 Å². The minimum Gasteiger partial charge on any atom is -0.294 e. The number of Topliss-reactive ketones (excluding diaryl/α,β-unsaturated/α-hetero) is 1. The number of carbonyl (C=O) groups is 1. The van der Waals surface area contributed by atoms with E-state index in [1.807, 2.05) is 12.1 Å². The lowest BCUT2D eigenvalue weighted by molar-refractivity contribution is -0.384. The maximum Gasteiger partial charge on any atom is 0.270 e. The van der Waals surface area contributed by atoms with Gasteiger partial charge in [-0.25, -0.2) is 0 Å². The van der Waals surface area contributed by atoms with Gasteiger partial charge in [0.15, 0.2) is 5.78 Å². The number of allylic oxidation sites excluding steroid dienone is 1. The number of nitro groups is 1. The summed E-state index contributed by atoms with van der Waals surface area (Å²) >= 11 is 0. The molecule has 0 aliphatic heterocycles. The Hall–Kier alpha value is -1.97. The van der Waals surface area contributed by atoms with Gasteiger partial charge in [0.1, 0.15) is 0 Å². The van der Waals surface area contributed by atoms with Crippen LogP contribution in [0, 0.1) is 22.0 Å². The van der Waals surface area contributed by atoms with E-state index in [9.17, 15) is 14.9 Å². The lowest BCUT2D eigenvalue weighted by atomic mass is 9.88. The van der Waals surface area contributed by atoms with Crippen LogP contribution in [-0.2, 0) is 4.79 Å². The minimum atomic E-state index is -0.403. The van der Waals surface area contributed by atoms with Crippen molar-refractivity contribution in [3.8, 4) is 0 Å². The summed E-state index contributed by atoms with van der Waals surface area (Å²) < 4.78 is 0. The number of rotatable bonds is 3. The molecule has 0 bridgehead atoms. The molecule has 2 aliphatic rings. The smallest absolute Gasteiger partial charge is 0.270 e. The Kier molecular flexibility index (Phi) is 3.86. The highest BCUT2D eigenvalue weighted by Gasteiger charge is 2.36. The van der Waals surface area contributed by atoms with E-state index < -0.39 is 4.92 Å². The molecule has 0 spiro atoms. The van der Waals surface area contributed by atoms with Crippen LogP contribution in [0.5, 0.6) is 0 Å². The van der Waals surface area contributed by atoms with E-state index in [1.165, 1.54) is 37.8 Å². The van der Waals surface area contributed by atoms with Crippen molar-refractivity contribution in [2.75, 3.05) is 0 Å². The Labute approximate surface area is 124 Å². The lowest BCUT2D eigenvalue weighted by Gasteiger charge is -2.15. The Balaban J connectivity index is 1.79. The normalized spacial score (nSPS) is 24.9. The molecule has 0 N–H and O–H groups in total. The van der Waals surface area contributed by atoms with E-state index >= 15 is 0 Å². The Bertz CT molecular complexity index is 600. The van der Waals surface area contributed by atoms with E-state index in [-0.39, 0.29) is 17.4 Å². The summed E-state index contributed by atoms with van der Waals surface area (Å²) in [6.45, 7) is 0. The van der Waals surface area contributed by atoms with Crippen LogP contribution in [0.1, 0.15) is 44.1 Å². The lowest BCUT2D eigenvalue weighted by Crippen LogP contribution is -2.16. The van der Waals surface area contributed by atoms with Gasteiger partial charge in [-0.2, -0.15) is 0 Å². The number of nitro benzene ring substituents is 1. The first-order valence-electron chi connectivity index (χ1n) is 7.64. The van der Waals surface area contributed by atoms with E-state index in [1.54, 1.807) is 6.07 Å². The third kappa shape index (κ3) is 2.89. The first-order chi connectivity index (χ1) is 10.1. The molecule has 0 radical (unpaired) electrons. The number of nitrogens with zero attached hydrogens (tertiary/aromatic N) is 1. The van der Waals surface area contributed by atoms with Crippen LogP contribution < -0.4 is 0 Å². The molecule has 1 aromatic rings. The van der Waals surface area contributed by atoms with E-state index in [4.69, 9.17) is 0 Å². The summed E-state index contributed by atoms with van der Waals surface area (Å²) in [5.74, 6) is 1.03. The van der Waals surface area contributed by atoms with Crippen LogP contribution in [-0.4, -0.2) is 10.7 Å². The van der Waals surface area contributed by atoms with Gasteiger partial charge >= 0.3 is 0 Å². The number of non-ortho nitro benzene ring substituents is 1. The van der Waals surface area contributed by atoms with Crippen molar-refractivity contribution in [1.82, 2.24) is 0 Å². The quantitative estimate of drug-likeness (QED) is 0.476. The van der Waals surface area contributed by atoms with Crippen LogP contribution in [0.15, 0.2) is 29.8 Å². The molecule has 2 saturated carbocycles. The average Bonchev–Trinajstić information content (AvgIpc) is 3.10. The fourth-order valence-corrected chi connectivity index (χ4v) is 3.69. The summed E-state index contributed by atoms with van der Waals surface area (Å²) in [7, 11) is 0. The zero-order valence-electron chi connectivity index (χ0n) is 12.0. The van der Waals surface area contributed by atoms with Gasteiger partial charge in [0, 0.05) is 18.1 Å². The zero-order valence-corrected chi connectivity index (χ0v) is 12.0. The minimum absolute atomic E-state index is 0.0714. The van der Waals surface area contributed by atoms with E-state index in [0.717, 1.165) is 24.0 Å². The molecule has 4 heteroatoms. The Morgan fingerprint density at radius 3 is 2.67 bits per heavy atom. The molecule has 2 fully saturated rings. The molecule has 110 valence electrons. The number of ketones is 1. The average molecular weight is 285 g/mol. The van der Waals surface area contributed by atoms with Crippen molar-refractivity contribution in [2.24, 2.45) is 11.8 Å². The second-order valence-electron chi connectivity index (χ2n) is 6.08. The molecule has 1 atom stereocenters. The van der Waals surface area contributed by atoms with Gasteiger partial charge in [0.05, 0.1) is 4.92 Å². The molecular weight excluding hydrogens is 266 g/mol. The maximum absolute atomic E-state index is 12.5. The van der Waals surface area contributed by atoms with Crippen LogP contribution in [0.2, 0.25) is 0 Å². The van der Waals surface area contributed by atoms with Crippen molar-refractivity contribution in [1.29, 1.82) is 0 Å². The summed E-state index contributed by atoms with van der Waals surface area (Å²) in [5, 5.41) is 10.8. The van der Waals surface area contributed by atoms with Crippen molar-refractivity contribution in [2.45, 2.75) is 38.5 Å². The number of hydrogen-bond donors (Lipinski definition) is 0. The zero-order chi connectivity index (χ0) is 14.8. The van der Waals surface area contributed by atoms with Crippen molar-refractivity contribution in [3.05, 3.63) is 45.5 Å². The predicted molar refractivity (Wildman–Crippen MR) is 80.8 cm³/mol. The van der Waals surface area contributed by atoms with Gasteiger partial charge in [-0.15, -0.1) is 0 Å².